The van der Waals surface area contributed by atoms with E-state index in [4.69, 9.17) is 11.1 Å². The van der Waals surface area contributed by atoms with Gasteiger partial charge in [0.25, 0.3) is 5.91 Å². The average molecular weight is 514 g/mol. The zero-order valence-corrected chi connectivity index (χ0v) is 21.2. The van der Waals surface area contributed by atoms with Gasteiger partial charge in [0.05, 0.1) is 13.7 Å². The summed E-state index contributed by atoms with van der Waals surface area (Å²) in [6, 6.07) is 9.81. The fourth-order valence-electron chi connectivity index (χ4n) is 3.17. The lowest BCUT2D eigenvalue weighted by atomic mass is 10.0. The lowest BCUT2D eigenvalue weighted by molar-refractivity contribution is -0.252. The highest BCUT2D eigenvalue weighted by Crippen LogP contribution is 2.40. The van der Waals surface area contributed by atoms with E-state index in [1.165, 1.54) is 29.3 Å². The van der Waals surface area contributed by atoms with Crippen LogP contribution in [0.2, 0.25) is 0 Å². The Morgan fingerprint density at radius 3 is 2.37 bits per heavy atom. The fraction of sp³-hybridized carbons (Fsp3) is 0.500. The van der Waals surface area contributed by atoms with Crippen LogP contribution in [-0.4, -0.2) is 77.4 Å². The summed E-state index contributed by atoms with van der Waals surface area (Å²) < 4.78 is 0. The Bertz CT molecular complexity index is 818. The van der Waals surface area contributed by atoms with Gasteiger partial charge in [-0.25, -0.2) is 15.7 Å². The largest absolute Gasteiger partial charge is 0.389 e. The molecule has 1 aromatic carbocycles. The first kappa shape index (κ1) is 30.5. The third-order valence-corrected chi connectivity index (χ3v) is 6.40. The Labute approximate surface area is 209 Å². The van der Waals surface area contributed by atoms with E-state index in [0.717, 1.165) is 19.5 Å². The van der Waals surface area contributed by atoms with Crippen molar-refractivity contribution in [3.63, 3.8) is 0 Å². The second-order valence-electron chi connectivity index (χ2n) is 7.08. The second-order valence-corrected chi connectivity index (χ2v) is 8.19. The molecule has 0 bridgehead atoms. The zero-order chi connectivity index (χ0) is 26.2. The van der Waals surface area contributed by atoms with E-state index in [2.05, 4.69) is 51.1 Å². The summed E-state index contributed by atoms with van der Waals surface area (Å²) >= 11 is 1.39. The number of carbonyl (C=O) groups excluding carboxylic acids is 3. The van der Waals surface area contributed by atoms with E-state index in [1.54, 1.807) is 5.01 Å². The molecule has 2 unspecified atom stereocenters. The molecule has 0 saturated carbocycles. The van der Waals surface area contributed by atoms with Crippen LogP contribution in [0.15, 0.2) is 41.6 Å². The molecule has 3 rings (SSSR count). The maximum Gasteiger partial charge on any atom is 0.389 e. The quantitative estimate of drug-likeness (QED) is 0.151. The Kier molecular flexibility index (Phi) is 14.8. The number of hydrazine groups is 1. The maximum absolute atomic E-state index is 12.0. The van der Waals surface area contributed by atoms with Gasteiger partial charge in [-0.15, -0.1) is 17.4 Å². The van der Waals surface area contributed by atoms with Crippen molar-refractivity contribution in [2.24, 2.45) is 5.90 Å². The van der Waals surface area contributed by atoms with Crippen LogP contribution >= 0.6 is 11.8 Å². The van der Waals surface area contributed by atoms with Crippen LogP contribution in [0.1, 0.15) is 26.3 Å². The van der Waals surface area contributed by atoms with Crippen molar-refractivity contribution in [3.05, 3.63) is 47.2 Å². The van der Waals surface area contributed by atoms with Gasteiger partial charge in [-0.1, -0.05) is 51.1 Å². The van der Waals surface area contributed by atoms with Gasteiger partial charge in [-0.2, -0.15) is 4.89 Å². The highest BCUT2D eigenvalue weighted by molar-refractivity contribution is 8.00. The summed E-state index contributed by atoms with van der Waals surface area (Å²) in [4.78, 5) is 48.9. The van der Waals surface area contributed by atoms with Crippen LogP contribution in [0.5, 0.6) is 0 Å². The van der Waals surface area contributed by atoms with Crippen LogP contribution in [0.4, 0.5) is 0 Å². The molecule has 35 heavy (non-hydrogen) atoms. The minimum absolute atomic E-state index is 0.0105. The number of hydrogen-bond acceptors (Lipinski definition) is 11. The molecule has 2 atom stereocenters. The molecule has 1 aromatic rings. The average Bonchev–Trinajstić information content (AvgIpc) is 2.89. The highest BCUT2D eigenvalue weighted by atomic mass is 32.2. The molecule has 196 valence electrons. The van der Waals surface area contributed by atoms with Crippen molar-refractivity contribution in [2.75, 3.05) is 32.6 Å². The number of carbonyl (C=O) groups is 3. The van der Waals surface area contributed by atoms with Crippen molar-refractivity contribution in [3.8, 4) is 0 Å². The molecule has 1 saturated heterocycles. The van der Waals surface area contributed by atoms with Crippen LogP contribution < -0.4 is 16.8 Å². The molecule has 5 N–H and O–H groups in total. The number of nitrogens with one attached hydrogen (secondary N) is 2. The standard InChI is InChI=1S/C10H13N3O6S.C8H10.C4H12N2O/c1-17-19-10(16)7-5(2-18-11)3-20-9-6(12-4-14)8(15)13(7)9;1-2-8-6-4-3-5-7-8;1-3-6(4-2)5-7/h4,6,9H,2-3,11H2,1H3,(H,12,14);3-7H,2H2,1H3;5,7H,3-4H2,1-2H3. The lowest BCUT2D eigenvalue weighted by Crippen LogP contribution is -2.69. The van der Waals surface area contributed by atoms with Gasteiger partial charge in [0.1, 0.15) is 17.1 Å². The number of nitrogens with zero attached hydrogens (tertiary/aromatic N) is 2. The number of benzene rings is 1. The number of amides is 2. The molecular formula is C22H35N5O7S. The van der Waals surface area contributed by atoms with Crippen molar-refractivity contribution < 1.29 is 34.2 Å². The molecule has 1 fully saturated rings. The normalized spacial score (nSPS) is 18.4. The minimum Gasteiger partial charge on any atom is -0.344 e. The molecule has 13 heteroatoms. The molecular weight excluding hydrogens is 478 g/mol. The SMILES string of the molecule is CCN(CC)NO.CCc1ccccc1.COOC(=O)C1=C(CON)CSC2C(NC=O)C(=O)N12. The number of β-lactam (4-membered cyclic amide) rings is 1. The third kappa shape index (κ3) is 8.89. The Hall–Kier alpha value is -2.52. The van der Waals surface area contributed by atoms with Crippen molar-refractivity contribution >= 4 is 30.0 Å². The van der Waals surface area contributed by atoms with E-state index in [0.29, 0.717) is 17.7 Å². The predicted molar refractivity (Wildman–Crippen MR) is 130 cm³/mol. The van der Waals surface area contributed by atoms with E-state index in [1.807, 2.05) is 25.5 Å². The predicted octanol–water partition coefficient (Wildman–Crippen LogP) is 0.736. The Balaban J connectivity index is 0.000000334. The van der Waals surface area contributed by atoms with Crippen LogP contribution in [0.25, 0.3) is 0 Å². The van der Waals surface area contributed by atoms with E-state index >= 15 is 0 Å². The maximum atomic E-state index is 12.0. The molecule has 0 aromatic heterocycles. The summed E-state index contributed by atoms with van der Waals surface area (Å²) in [6.45, 7) is 7.73. The van der Waals surface area contributed by atoms with Gasteiger partial charge in [0.15, 0.2) is 0 Å². The Morgan fingerprint density at radius 2 is 1.94 bits per heavy atom. The van der Waals surface area contributed by atoms with Gasteiger partial charge in [-0.3, -0.25) is 19.4 Å². The van der Waals surface area contributed by atoms with Crippen LogP contribution in [0, 0.1) is 0 Å². The Morgan fingerprint density at radius 1 is 1.29 bits per heavy atom. The van der Waals surface area contributed by atoms with Crippen LogP contribution in [-0.2, 0) is 35.4 Å². The monoisotopic (exact) mass is 513 g/mol. The topological polar surface area (TPSA) is 156 Å². The zero-order valence-electron chi connectivity index (χ0n) is 20.4. The first-order valence-corrected chi connectivity index (χ1v) is 12.1. The first-order valence-electron chi connectivity index (χ1n) is 11.0. The van der Waals surface area contributed by atoms with E-state index in [-0.39, 0.29) is 17.7 Å². The highest BCUT2D eigenvalue weighted by Gasteiger charge is 2.54. The van der Waals surface area contributed by atoms with Gasteiger partial charge >= 0.3 is 5.97 Å². The van der Waals surface area contributed by atoms with Gasteiger partial charge in [-0.05, 0) is 17.6 Å². The van der Waals surface area contributed by atoms with Crippen molar-refractivity contribution in [1.82, 2.24) is 20.8 Å². The molecule has 2 heterocycles. The summed E-state index contributed by atoms with van der Waals surface area (Å²) in [5.74, 6) is 4.24. The lowest BCUT2D eigenvalue weighted by Gasteiger charge is -2.49. The number of fused-ring (bicyclic) bond motifs is 1. The number of thioether (sulfide) groups is 1. The smallest absolute Gasteiger partial charge is 0.344 e. The third-order valence-electron chi connectivity index (χ3n) is 5.06. The molecule has 0 radical (unpaired) electrons. The van der Waals surface area contributed by atoms with Crippen molar-refractivity contribution in [2.45, 2.75) is 38.6 Å². The summed E-state index contributed by atoms with van der Waals surface area (Å²) in [6.07, 6.45) is 1.59. The molecule has 2 aliphatic heterocycles. The van der Waals surface area contributed by atoms with Gasteiger partial charge in [0, 0.05) is 18.8 Å². The molecule has 0 aliphatic carbocycles. The van der Waals surface area contributed by atoms with E-state index in [9.17, 15) is 14.4 Å². The molecule has 0 spiro atoms. The first-order chi connectivity index (χ1) is 16.9. The number of nitrogens with two attached hydrogens (primary N) is 1. The molecule has 2 amide bonds. The van der Waals surface area contributed by atoms with Crippen molar-refractivity contribution in [1.29, 1.82) is 0 Å². The van der Waals surface area contributed by atoms with Gasteiger partial charge in [0.2, 0.25) is 6.41 Å². The van der Waals surface area contributed by atoms with Crippen LogP contribution in [0.3, 0.4) is 0 Å². The summed E-state index contributed by atoms with van der Waals surface area (Å²) in [7, 11) is 1.18. The molecule has 2 aliphatic rings. The number of aryl methyl sites for hydroxylation is 1. The second kappa shape index (κ2) is 17.0. The number of rotatable bonds is 10. The molecule has 12 nitrogen and oxygen atoms in total. The summed E-state index contributed by atoms with van der Waals surface area (Å²) in [5, 5.41) is 11.9. The van der Waals surface area contributed by atoms with E-state index < -0.39 is 17.9 Å². The number of hydrogen-bond donors (Lipinski definition) is 4. The summed E-state index contributed by atoms with van der Waals surface area (Å²) in [5.41, 5.74) is 4.02. The fourth-order valence-corrected chi connectivity index (χ4v) is 4.51. The van der Waals surface area contributed by atoms with Gasteiger partial charge < -0.3 is 15.4 Å². The minimum atomic E-state index is -0.803.